The van der Waals surface area contributed by atoms with Crippen LogP contribution >= 0.6 is 0 Å². The fourth-order valence-corrected chi connectivity index (χ4v) is 2.39. The standard InChI is InChI=1S/C13H20BN3O3.C2HF3O2/c1-9-16-12-8-10(20-3)7-11(14(18)19)13(12)17(9)6-4-5-15-2;3-2(4,5)1(6)7/h7-8,15,18-19H,4-6H2,1-3H3;(H,6,7). The highest BCUT2D eigenvalue weighted by atomic mass is 19.4. The molecule has 1 heterocycles. The van der Waals surface area contributed by atoms with Crippen LogP contribution in [0.3, 0.4) is 0 Å². The van der Waals surface area contributed by atoms with Gasteiger partial charge in [-0.25, -0.2) is 9.78 Å². The number of methoxy groups -OCH3 is 1. The minimum atomic E-state index is -5.08. The fraction of sp³-hybridized carbons (Fsp3) is 0.467. The molecular formula is C15H21BF3N3O5. The normalized spacial score (nSPS) is 11.1. The van der Waals surface area contributed by atoms with E-state index in [0.717, 1.165) is 36.4 Å². The number of aliphatic carboxylic acids is 1. The molecule has 2 aromatic rings. The minimum Gasteiger partial charge on any atom is -0.497 e. The molecule has 0 aliphatic carbocycles. The van der Waals surface area contributed by atoms with Crippen molar-refractivity contribution in [3.8, 4) is 5.75 Å². The lowest BCUT2D eigenvalue weighted by atomic mass is 9.79. The second-order valence-electron chi connectivity index (χ2n) is 5.53. The zero-order valence-corrected chi connectivity index (χ0v) is 15.0. The van der Waals surface area contributed by atoms with Crippen LogP contribution in [0.15, 0.2) is 12.1 Å². The molecule has 0 atom stereocenters. The Morgan fingerprint density at radius 1 is 1.37 bits per heavy atom. The van der Waals surface area contributed by atoms with Crippen LogP contribution in [0.25, 0.3) is 11.0 Å². The molecule has 8 nitrogen and oxygen atoms in total. The first-order valence-electron chi connectivity index (χ1n) is 7.88. The number of aryl methyl sites for hydroxylation is 2. The number of aromatic nitrogens is 2. The molecule has 12 heteroatoms. The highest BCUT2D eigenvalue weighted by molar-refractivity contribution is 6.61. The van der Waals surface area contributed by atoms with E-state index in [-0.39, 0.29) is 0 Å². The van der Waals surface area contributed by atoms with Crippen LogP contribution in [0.5, 0.6) is 5.75 Å². The number of carboxylic acid groups (broad SMARTS) is 1. The second-order valence-corrected chi connectivity index (χ2v) is 5.53. The Balaban J connectivity index is 0.000000445. The first-order valence-corrected chi connectivity index (χ1v) is 7.88. The van der Waals surface area contributed by atoms with Gasteiger partial charge in [0.1, 0.15) is 11.6 Å². The summed E-state index contributed by atoms with van der Waals surface area (Å²) in [6.45, 7) is 3.58. The highest BCUT2D eigenvalue weighted by Gasteiger charge is 2.38. The summed E-state index contributed by atoms with van der Waals surface area (Å²) in [6, 6.07) is 3.45. The van der Waals surface area contributed by atoms with Gasteiger partial charge in [-0.05, 0) is 33.0 Å². The van der Waals surface area contributed by atoms with Gasteiger partial charge in [0.05, 0.1) is 18.1 Å². The molecule has 1 aromatic carbocycles. The molecule has 0 saturated heterocycles. The number of carbonyl (C=O) groups is 1. The summed E-state index contributed by atoms with van der Waals surface area (Å²) in [5, 5.41) is 29.4. The third-order valence-corrected chi connectivity index (χ3v) is 3.60. The smallest absolute Gasteiger partial charge is 0.490 e. The molecule has 0 fully saturated rings. The topological polar surface area (TPSA) is 117 Å². The summed E-state index contributed by atoms with van der Waals surface area (Å²) in [7, 11) is 1.91. The van der Waals surface area contributed by atoms with Gasteiger partial charge in [-0.1, -0.05) is 0 Å². The average Bonchev–Trinajstić information content (AvgIpc) is 2.89. The lowest BCUT2D eigenvalue weighted by Crippen LogP contribution is -2.32. The largest absolute Gasteiger partial charge is 0.497 e. The molecule has 2 rings (SSSR count). The van der Waals surface area contributed by atoms with Crippen molar-refractivity contribution in [2.24, 2.45) is 0 Å². The Hall–Kier alpha value is -2.31. The Bertz CT molecular complexity index is 780. The molecule has 0 amide bonds. The Morgan fingerprint density at radius 2 is 1.96 bits per heavy atom. The van der Waals surface area contributed by atoms with Gasteiger partial charge < -0.3 is 29.8 Å². The molecule has 0 bridgehead atoms. The van der Waals surface area contributed by atoms with Crippen LogP contribution in [0, 0.1) is 6.92 Å². The lowest BCUT2D eigenvalue weighted by Gasteiger charge is -2.11. The molecule has 27 heavy (non-hydrogen) atoms. The number of benzene rings is 1. The van der Waals surface area contributed by atoms with E-state index < -0.39 is 19.3 Å². The quantitative estimate of drug-likeness (QED) is 0.413. The maximum atomic E-state index is 10.6. The lowest BCUT2D eigenvalue weighted by molar-refractivity contribution is -0.192. The number of nitrogens with zero attached hydrogens (tertiary/aromatic N) is 2. The maximum absolute atomic E-state index is 10.6. The molecule has 150 valence electrons. The SMILES string of the molecule is CNCCCn1c(C)nc2cc(OC)cc(B(O)O)c21.O=C(O)C(F)(F)F. The summed E-state index contributed by atoms with van der Waals surface area (Å²) in [4.78, 5) is 13.4. The van der Waals surface area contributed by atoms with Gasteiger partial charge in [0.2, 0.25) is 0 Å². The number of ether oxygens (including phenoxy) is 1. The van der Waals surface area contributed by atoms with E-state index in [9.17, 15) is 23.2 Å². The van der Waals surface area contributed by atoms with Crippen LogP contribution in [0.2, 0.25) is 0 Å². The molecule has 1 aromatic heterocycles. The summed E-state index contributed by atoms with van der Waals surface area (Å²) < 4.78 is 38.9. The summed E-state index contributed by atoms with van der Waals surface area (Å²) in [5.74, 6) is -1.33. The average molecular weight is 391 g/mol. The number of alkyl halides is 3. The van der Waals surface area contributed by atoms with Crippen LogP contribution in [-0.4, -0.2) is 64.7 Å². The Labute approximate surface area is 153 Å². The van der Waals surface area contributed by atoms with Crippen molar-refractivity contribution in [3.63, 3.8) is 0 Å². The number of halogens is 3. The molecule has 0 aliphatic heterocycles. The van der Waals surface area contributed by atoms with E-state index in [1.165, 1.54) is 0 Å². The zero-order chi connectivity index (χ0) is 20.8. The van der Waals surface area contributed by atoms with E-state index in [0.29, 0.717) is 11.2 Å². The molecule has 0 radical (unpaired) electrons. The first-order chi connectivity index (χ1) is 12.5. The molecule has 0 saturated carbocycles. The first kappa shape index (κ1) is 22.7. The molecular weight excluding hydrogens is 370 g/mol. The van der Waals surface area contributed by atoms with Crippen LogP contribution in [0.4, 0.5) is 13.2 Å². The third-order valence-electron chi connectivity index (χ3n) is 3.60. The number of hydrogen-bond donors (Lipinski definition) is 4. The van der Waals surface area contributed by atoms with Crippen molar-refractivity contribution in [1.82, 2.24) is 14.9 Å². The Morgan fingerprint density at radius 3 is 2.41 bits per heavy atom. The minimum absolute atomic E-state index is 0.421. The van der Waals surface area contributed by atoms with Gasteiger partial charge in [-0.15, -0.1) is 0 Å². The monoisotopic (exact) mass is 391 g/mol. The summed E-state index contributed by atoms with van der Waals surface area (Å²) >= 11 is 0. The fourth-order valence-electron chi connectivity index (χ4n) is 2.39. The van der Waals surface area contributed by atoms with Crippen molar-refractivity contribution in [2.75, 3.05) is 20.7 Å². The van der Waals surface area contributed by atoms with Gasteiger partial charge in [-0.2, -0.15) is 13.2 Å². The van der Waals surface area contributed by atoms with Crippen LogP contribution in [-0.2, 0) is 11.3 Å². The summed E-state index contributed by atoms with van der Waals surface area (Å²) in [5.41, 5.74) is 1.90. The van der Waals surface area contributed by atoms with Gasteiger partial charge in [0, 0.05) is 18.1 Å². The van der Waals surface area contributed by atoms with E-state index >= 15 is 0 Å². The Kier molecular flexibility index (Phi) is 8.07. The highest BCUT2D eigenvalue weighted by Crippen LogP contribution is 2.21. The van der Waals surface area contributed by atoms with Crippen molar-refractivity contribution < 1.29 is 37.9 Å². The van der Waals surface area contributed by atoms with Crippen molar-refractivity contribution in [1.29, 1.82) is 0 Å². The van der Waals surface area contributed by atoms with E-state index in [1.807, 2.05) is 24.6 Å². The molecule has 4 N–H and O–H groups in total. The number of imidazole rings is 1. The van der Waals surface area contributed by atoms with Gasteiger partial charge >= 0.3 is 19.3 Å². The molecule has 0 aliphatic rings. The van der Waals surface area contributed by atoms with Crippen molar-refractivity contribution in [3.05, 3.63) is 18.0 Å². The number of rotatable bonds is 6. The zero-order valence-electron chi connectivity index (χ0n) is 15.0. The van der Waals surface area contributed by atoms with E-state index in [1.54, 1.807) is 13.2 Å². The van der Waals surface area contributed by atoms with Crippen LogP contribution < -0.4 is 15.5 Å². The van der Waals surface area contributed by atoms with Crippen LogP contribution in [0.1, 0.15) is 12.2 Å². The molecule has 0 spiro atoms. The number of nitrogens with one attached hydrogen (secondary N) is 1. The second kappa shape index (κ2) is 9.58. The van der Waals surface area contributed by atoms with Gasteiger partial charge in [0.25, 0.3) is 0 Å². The number of carboxylic acids is 1. The van der Waals surface area contributed by atoms with Crippen molar-refractivity contribution in [2.45, 2.75) is 26.1 Å². The molecule has 0 unspecified atom stereocenters. The van der Waals surface area contributed by atoms with Gasteiger partial charge in [-0.3, -0.25) is 0 Å². The van der Waals surface area contributed by atoms with Gasteiger partial charge in [0.15, 0.2) is 0 Å². The number of hydrogen-bond acceptors (Lipinski definition) is 6. The predicted molar refractivity (Wildman–Crippen MR) is 93.1 cm³/mol. The number of fused-ring (bicyclic) bond motifs is 1. The van der Waals surface area contributed by atoms with Crippen molar-refractivity contribution >= 4 is 29.6 Å². The third kappa shape index (κ3) is 6.12. The predicted octanol–water partition coefficient (Wildman–Crippen LogP) is 0.276. The maximum Gasteiger partial charge on any atom is 0.490 e. The summed E-state index contributed by atoms with van der Waals surface area (Å²) in [6.07, 6.45) is -4.14. The van der Waals surface area contributed by atoms with E-state index in [4.69, 9.17) is 14.6 Å². The van der Waals surface area contributed by atoms with E-state index in [2.05, 4.69) is 10.3 Å².